The second-order valence-corrected chi connectivity index (χ2v) is 6.12. The average Bonchev–Trinajstić information content (AvgIpc) is 2.83. The third-order valence-corrected chi connectivity index (χ3v) is 3.99. The molecule has 124 valence electrons. The summed E-state index contributed by atoms with van der Waals surface area (Å²) in [5.74, 6) is 0.620. The highest BCUT2D eigenvalue weighted by Gasteiger charge is 2.04. The molecule has 1 aromatic heterocycles. The number of nitrogens with zero attached hydrogens (tertiary/aromatic N) is 3. The SMILES string of the molecule is CCCCCCN=C(N)CN=Cc1cn(C)c2ccc(C)cc12. The van der Waals surface area contributed by atoms with Gasteiger partial charge >= 0.3 is 0 Å². The lowest BCUT2D eigenvalue weighted by molar-refractivity contribution is 0.674. The van der Waals surface area contributed by atoms with Crippen LogP contribution in [0.2, 0.25) is 0 Å². The summed E-state index contributed by atoms with van der Waals surface area (Å²) >= 11 is 0. The topological polar surface area (TPSA) is 55.7 Å². The number of nitrogens with two attached hydrogens (primary N) is 1. The Kier molecular flexibility index (Phi) is 6.39. The molecule has 2 N–H and O–H groups in total. The van der Waals surface area contributed by atoms with E-state index in [1.807, 2.05) is 6.21 Å². The third kappa shape index (κ3) is 4.95. The van der Waals surface area contributed by atoms with Gasteiger partial charge in [-0.2, -0.15) is 0 Å². The van der Waals surface area contributed by atoms with Crippen molar-refractivity contribution < 1.29 is 0 Å². The number of benzene rings is 1. The number of hydrogen-bond acceptors (Lipinski definition) is 2. The van der Waals surface area contributed by atoms with Gasteiger partial charge in [0.05, 0.1) is 6.54 Å². The van der Waals surface area contributed by atoms with E-state index in [4.69, 9.17) is 5.73 Å². The fraction of sp³-hybridized carbons (Fsp3) is 0.474. The zero-order chi connectivity index (χ0) is 16.7. The molecule has 0 unspecified atom stereocenters. The lowest BCUT2D eigenvalue weighted by atomic mass is 10.1. The summed E-state index contributed by atoms with van der Waals surface area (Å²) in [7, 11) is 2.06. The minimum absolute atomic E-state index is 0.468. The van der Waals surface area contributed by atoms with Gasteiger partial charge in [0.15, 0.2) is 0 Å². The molecule has 1 aromatic carbocycles. The molecule has 4 heteroatoms. The van der Waals surface area contributed by atoms with Gasteiger partial charge in [-0.3, -0.25) is 9.98 Å². The number of aryl methyl sites for hydroxylation is 2. The van der Waals surface area contributed by atoms with Gasteiger partial charge in [-0.15, -0.1) is 0 Å². The molecule has 2 rings (SSSR count). The monoisotopic (exact) mass is 312 g/mol. The van der Waals surface area contributed by atoms with Crippen LogP contribution in [0, 0.1) is 6.92 Å². The van der Waals surface area contributed by atoms with Crippen molar-refractivity contribution in [2.24, 2.45) is 22.8 Å². The number of rotatable bonds is 8. The van der Waals surface area contributed by atoms with Crippen LogP contribution in [0.25, 0.3) is 10.9 Å². The van der Waals surface area contributed by atoms with E-state index in [1.165, 1.54) is 35.7 Å². The highest BCUT2D eigenvalue weighted by molar-refractivity contribution is 6.00. The highest BCUT2D eigenvalue weighted by atomic mass is 14.9. The second-order valence-electron chi connectivity index (χ2n) is 6.12. The van der Waals surface area contributed by atoms with E-state index < -0.39 is 0 Å². The summed E-state index contributed by atoms with van der Waals surface area (Å²) < 4.78 is 2.13. The van der Waals surface area contributed by atoms with Gasteiger partial charge in [0.2, 0.25) is 0 Å². The number of hydrogen-bond donors (Lipinski definition) is 1. The summed E-state index contributed by atoms with van der Waals surface area (Å²) in [6, 6.07) is 6.47. The van der Waals surface area contributed by atoms with Crippen LogP contribution in [0.3, 0.4) is 0 Å². The minimum Gasteiger partial charge on any atom is -0.386 e. The Morgan fingerprint density at radius 3 is 2.87 bits per heavy atom. The first-order chi connectivity index (χ1) is 11.1. The highest BCUT2D eigenvalue weighted by Crippen LogP contribution is 2.20. The molecule has 0 radical (unpaired) electrons. The van der Waals surface area contributed by atoms with Crippen molar-refractivity contribution in [3.8, 4) is 0 Å². The summed E-state index contributed by atoms with van der Waals surface area (Å²) in [6.45, 7) is 5.60. The molecule has 0 spiro atoms. The maximum Gasteiger partial charge on any atom is 0.115 e. The molecule has 4 nitrogen and oxygen atoms in total. The van der Waals surface area contributed by atoms with Crippen LogP contribution in [0.4, 0.5) is 0 Å². The number of aliphatic imine (C=N–C) groups is 2. The van der Waals surface area contributed by atoms with E-state index in [0.29, 0.717) is 12.4 Å². The molecule has 0 amide bonds. The van der Waals surface area contributed by atoms with Crippen LogP contribution in [0.1, 0.15) is 43.7 Å². The zero-order valence-electron chi connectivity index (χ0n) is 14.5. The van der Waals surface area contributed by atoms with E-state index in [9.17, 15) is 0 Å². The van der Waals surface area contributed by atoms with Gasteiger partial charge < -0.3 is 10.3 Å². The molecule has 0 aliphatic heterocycles. The maximum absolute atomic E-state index is 5.93. The molecule has 2 aromatic rings. The Balaban J connectivity index is 1.95. The van der Waals surface area contributed by atoms with E-state index in [0.717, 1.165) is 18.5 Å². The van der Waals surface area contributed by atoms with Gasteiger partial charge in [-0.1, -0.05) is 37.8 Å². The van der Waals surface area contributed by atoms with Gasteiger partial charge in [0, 0.05) is 42.5 Å². The molecule has 0 fully saturated rings. The molecule has 0 bridgehead atoms. The van der Waals surface area contributed by atoms with Crippen molar-refractivity contribution in [2.45, 2.75) is 39.5 Å². The summed E-state index contributed by atoms with van der Waals surface area (Å²) in [5, 5.41) is 1.23. The molecule has 0 aliphatic carbocycles. The standard InChI is InChI=1S/C19H28N4/c1-4-5-6-7-10-22-19(20)13-21-12-16-14-23(3)18-9-8-15(2)11-17(16)18/h8-9,11-12,14H,4-7,10,13H2,1-3H3,(H2,20,22). The van der Waals surface area contributed by atoms with Crippen molar-refractivity contribution >= 4 is 23.0 Å². The first kappa shape index (κ1) is 17.3. The number of unbranched alkanes of at least 4 members (excludes halogenated alkanes) is 3. The Morgan fingerprint density at radius 1 is 1.26 bits per heavy atom. The van der Waals surface area contributed by atoms with Crippen LogP contribution >= 0.6 is 0 Å². The van der Waals surface area contributed by atoms with Crippen molar-refractivity contribution in [1.82, 2.24) is 4.57 Å². The average molecular weight is 312 g/mol. The quantitative estimate of drug-likeness (QED) is 0.449. The molecule has 0 aliphatic rings. The first-order valence-electron chi connectivity index (χ1n) is 8.46. The molecule has 23 heavy (non-hydrogen) atoms. The number of aromatic nitrogens is 1. The third-order valence-electron chi connectivity index (χ3n) is 3.99. The van der Waals surface area contributed by atoms with Crippen molar-refractivity contribution in [1.29, 1.82) is 0 Å². The van der Waals surface area contributed by atoms with Crippen LogP contribution in [-0.4, -0.2) is 29.7 Å². The lowest BCUT2D eigenvalue weighted by Gasteiger charge is -1.98. The Morgan fingerprint density at radius 2 is 2.09 bits per heavy atom. The van der Waals surface area contributed by atoms with Crippen LogP contribution < -0.4 is 5.73 Å². The second kappa shape index (κ2) is 8.51. The zero-order valence-corrected chi connectivity index (χ0v) is 14.5. The molecular weight excluding hydrogens is 284 g/mol. The predicted molar refractivity (Wildman–Crippen MR) is 101 cm³/mol. The van der Waals surface area contributed by atoms with E-state index in [2.05, 4.69) is 59.8 Å². The molecule has 0 saturated carbocycles. The van der Waals surface area contributed by atoms with E-state index >= 15 is 0 Å². The van der Waals surface area contributed by atoms with E-state index in [1.54, 1.807) is 0 Å². The van der Waals surface area contributed by atoms with Gasteiger partial charge in [-0.05, 0) is 25.5 Å². The van der Waals surface area contributed by atoms with Gasteiger partial charge in [0.25, 0.3) is 0 Å². The summed E-state index contributed by atoms with van der Waals surface area (Å²) in [5.41, 5.74) is 9.53. The fourth-order valence-electron chi connectivity index (χ4n) is 2.69. The summed E-state index contributed by atoms with van der Waals surface area (Å²) in [6.07, 6.45) is 8.86. The normalized spacial score (nSPS) is 12.6. The largest absolute Gasteiger partial charge is 0.386 e. The van der Waals surface area contributed by atoms with Crippen LogP contribution in [0.5, 0.6) is 0 Å². The van der Waals surface area contributed by atoms with E-state index in [-0.39, 0.29) is 0 Å². The maximum atomic E-state index is 5.93. The smallest absolute Gasteiger partial charge is 0.115 e. The minimum atomic E-state index is 0.468. The first-order valence-corrected chi connectivity index (χ1v) is 8.46. The predicted octanol–water partition coefficient (Wildman–Crippen LogP) is 3.84. The Hall–Kier alpha value is -2.10. The lowest BCUT2D eigenvalue weighted by Crippen LogP contribution is -2.16. The fourth-order valence-corrected chi connectivity index (χ4v) is 2.69. The Bertz CT molecular complexity index is 695. The molecule has 1 heterocycles. The molecule has 0 saturated heterocycles. The van der Waals surface area contributed by atoms with Crippen LogP contribution in [-0.2, 0) is 7.05 Å². The Labute approximate surface area is 139 Å². The number of fused-ring (bicyclic) bond motifs is 1. The van der Waals surface area contributed by atoms with Crippen LogP contribution in [0.15, 0.2) is 34.4 Å². The molecule has 0 atom stereocenters. The van der Waals surface area contributed by atoms with Crippen molar-refractivity contribution in [2.75, 3.05) is 13.1 Å². The summed E-state index contributed by atoms with van der Waals surface area (Å²) in [4.78, 5) is 8.84. The number of amidine groups is 1. The molecular formula is C19H28N4. The van der Waals surface area contributed by atoms with Gasteiger partial charge in [-0.25, -0.2) is 0 Å². The van der Waals surface area contributed by atoms with Crippen molar-refractivity contribution in [3.05, 3.63) is 35.5 Å². The van der Waals surface area contributed by atoms with Crippen molar-refractivity contribution in [3.63, 3.8) is 0 Å². The van der Waals surface area contributed by atoms with Gasteiger partial charge in [0.1, 0.15) is 5.84 Å².